The highest BCUT2D eigenvalue weighted by atomic mass is 15.7. The molecule has 12 rings (SSSR count). The van der Waals surface area contributed by atoms with Gasteiger partial charge in [-0.05, 0) is 34.4 Å². The van der Waals surface area contributed by atoms with Crippen molar-refractivity contribution >= 4 is 33.7 Å². The summed E-state index contributed by atoms with van der Waals surface area (Å²) in [7, 11) is 0. The van der Waals surface area contributed by atoms with Crippen LogP contribution in [0, 0.1) is 23.7 Å². The van der Waals surface area contributed by atoms with Crippen LogP contribution in [-0.2, 0) is 5.91 Å². The van der Waals surface area contributed by atoms with Crippen LogP contribution >= 0.6 is 0 Å². The van der Waals surface area contributed by atoms with E-state index in [0.717, 1.165) is 0 Å². The van der Waals surface area contributed by atoms with E-state index in [0.29, 0.717) is 23.7 Å². The third-order valence-corrected chi connectivity index (χ3v) is 13.4. The second-order valence-electron chi connectivity index (χ2n) is 15.8. The quantitative estimate of drug-likeness (QED) is 0.172. The van der Waals surface area contributed by atoms with E-state index in [1.165, 1.54) is 90.1 Å². The van der Waals surface area contributed by atoms with Crippen molar-refractivity contribution in [3.8, 4) is 0 Å². The molecule has 4 aromatic carbocycles. The molecule has 1 spiro atoms. The Morgan fingerprint density at radius 2 is 0.925 bits per heavy atom. The lowest BCUT2D eigenvalue weighted by molar-refractivity contribution is -0.853. The van der Waals surface area contributed by atoms with Crippen molar-refractivity contribution < 1.29 is 9.15 Å². The summed E-state index contributed by atoms with van der Waals surface area (Å²) in [5.41, 5.74) is 21.3. The van der Waals surface area contributed by atoms with Crippen LogP contribution in [0.2, 0.25) is 0 Å². The highest BCUT2D eigenvalue weighted by Gasteiger charge is 2.80. The molecule has 5 aromatic rings. The molecule has 7 aliphatic heterocycles. The molecule has 7 aliphatic rings. The van der Waals surface area contributed by atoms with Gasteiger partial charge in [0.05, 0.1) is 56.9 Å². The number of allylic oxidation sites excluding steroid dienone is 7. The summed E-state index contributed by atoms with van der Waals surface area (Å²) >= 11 is 0. The van der Waals surface area contributed by atoms with Crippen molar-refractivity contribution in [2.75, 3.05) is 0 Å². The van der Waals surface area contributed by atoms with Crippen molar-refractivity contribution in [2.24, 2.45) is 23.7 Å². The zero-order valence-corrected chi connectivity index (χ0v) is 30.5. The minimum absolute atomic E-state index is 0.290. The van der Waals surface area contributed by atoms with Gasteiger partial charge in [-0.25, -0.2) is 4.90 Å². The van der Waals surface area contributed by atoms with Gasteiger partial charge in [0.25, 0.3) is 0 Å². The van der Waals surface area contributed by atoms with Crippen molar-refractivity contribution in [2.45, 2.75) is 33.6 Å². The molecule has 1 aromatic heterocycles. The van der Waals surface area contributed by atoms with E-state index in [1.54, 1.807) is 0 Å². The van der Waals surface area contributed by atoms with Crippen LogP contribution in [0.4, 0.5) is 0 Å². The third-order valence-electron chi connectivity index (χ3n) is 13.4. The Hall–Kier alpha value is -6.00. The number of aromatic nitrogens is 1. The molecule has 5 unspecified atom stereocenters. The van der Waals surface area contributed by atoms with Gasteiger partial charge in [0.2, 0.25) is 22.8 Å². The zero-order valence-electron chi connectivity index (χ0n) is 30.5. The molecule has 0 bridgehead atoms. The van der Waals surface area contributed by atoms with E-state index in [1.807, 2.05) is 0 Å². The molecule has 0 amide bonds. The fourth-order valence-corrected chi connectivity index (χ4v) is 11.1. The SMILES string of the molecule is CC1C2=C(c3ccccc3)C3=[N+]4C(=C(c5ccccc5)c5ccc6n5C45N2C(=C(c2ccccc2)C2=[N+]5C(=C6c4ccccc4)C(C)C2C)C1C)C=C3. The van der Waals surface area contributed by atoms with Crippen molar-refractivity contribution in [3.63, 3.8) is 0 Å². The lowest BCUT2D eigenvalue weighted by Gasteiger charge is -2.47. The standard InChI is InChI=1S/C49H40N4/c1-29-31(3)47-44(36-23-15-8-16-24-36)48-32(4)30(2)46-43(35-21-13-7-14-22-35)40-28-26-38-41(33-17-9-5-10-18-33)37-25-27-39-42(34-19-11-6-12-20-34)45(29)52(47)49(50(37)39,51(38)40)53(46)48/h5-32H,1-4H3/q+2. The summed E-state index contributed by atoms with van der Waals surface area (Å²) < 4.78 is 8.34. The molecule has 254 valence electrons. The molecule has 1 saturated heterocycles. The van der Waals surface area contributed by atoms with Gasteiger partial charge in [-0.3, -0.25) is 0 Å². The molecule has 1 fully saturated rings. The first-order chi connectivity index (χ1) is 26.0. The van der Waals surface area contributed by atoms with Gasteiger partial charge in [-0.2, -0.15) is 4.57 Å². The third kappa shape index (κ3) is 3.31. The van der Waals surface area contributed by atoms with Gasteiger partial charge in [-0.1, -0.05) is 158 Å². The monoisotopic (exact) mass is 684 g/mol. The average Bonchev–Trinajstić information content (AvgIpc) is 3.97. The zero-order chi connectivity index (χ0) is 35.3. The van der Waals surface area contributed by atoms with Crippen molar-refractivity contribution in [1.29, 1.82) is 0 Å². The Kier molecular flexibility index (Phi) is 5.64. The molecule has 53 heavy (non-hydrogen) atoms. The van der Waals surface area contributed by atoms with E-state index in [2.05, 4.69) is 192 Å². The predicted molar refractivity (Wildman–Crippen MR) is 212 cm³/mol. The lowest BCUT2D eigenvalue weighted by Crippen LogP contribution is -2.69. The smallest absolute Gasteiger partial charge is 0.205 e. The molecule has 0 aliphatic carbocycles. The van der Waals surface area contributed by atoms with Gasteiger partial charge in [0.1, 0.15) is 0 Å². The first-order valence-electron chi connectivity index (χ1n) is 19.3. The maximum atomic E-state index is 2.84. The number of benzene rings is 4. The van der Waals surface area contributed by atoms with E-state index < -0.39 is 5.91 Å². The van der Waals surface area contributed by atoms with Crippen molar-refractivity contribution in [3.05, 3.63) is 202 Å². The summed E-state index contributed by atoms with van der Waals surface area (Å²) in [6, 6.07) is 49.5. The molecular weight excluding hydrogens is 645 g/mol. The highest BCUT2D eigenvalue weighted by molar-refractivity contribution is 6.30. The molecular formula is C49H40N4+2. The second-order valence-corrected chi connectivity index (χ2v) is 15.8. The van der Waals surface area contributed by atoms with E-state index in [4.69, 9.17) is 0 Å². The van der Waals surface area contributed by atoms with Crippen LogP contribution in [-0.4, -0.2) is 30.0 Å². The first-order valence-corrected chi connectivity index (χ1v) is 19.3. The summed E-state index contributed by atoms with van der Waals surface area (Å²) in [6.07, 6.45) is 4.84. The van der Waals surface area contributed by atoms with E-state index >= 15 is 0 Å². The van der Waals surface area contributed by atoms with Crippen LogP contribution < -0.4 is 0 Å². The summed E-state index contributed by atoms with van der Waals surface area (Å²) in [5.74, 6) is 0.466. The summed E-state index contributed by atoms with van der Waals surface area (Å²) in [5, 5.41) is 0. The summed E-state index contributed by atoms with van der Waals surface area (Å²) in [6.45, 7) is 9.93. The molecule has 8 heterocycles. The largest absolute Gasteiger partial charge is 0.552 e. The van der Waals surface area contributed by atoms with Crippen LogP contribution in [0.3, 0.4) is 0 Å². The molecule has 0 radical (unpaired) electrons. The second kappa shape index (κ2) is 10.1. The fourth-order valence-electron chi connectivity index (χ4n) is 11.1. The number of hydrogen-bond donors (Lipinski definition) is 0. The van der Waals surface area contributed by atoms with Gasteiger partial charge in [0, 0.05) is 24.0 Å². The molecule has 4 heteroatoms. The normalized spacial score (nSPS) is 27.1. The maximum Gasteiger partial charge on any atom is 0.552 e. The molecule has 0 saturated carbocycles. The predicted octanol–water partition coefficient (Wildman–Crippen LogP) is 9.80. The fraction of sp³-hybridized carbons (Fsp3) is 0.184. The van der Waals surface area contributed by atoms with Gasteiger partial charge < -0.3 is 0 Å². The minimum Gasteiger partial charge on any atom is -0.205 e. The van der Waals surface area contributed by atoms with E-state index in [9.17, 15) is 0 Å². The van der Waals surface area contributed by atoms with Gasteiger partial charge in [0.15, 0.2) is 0 Å². The Bertz CT molecular complexity index is 2700. The van der Waals surface area contributed by atoms with E-state index in [-0.39, 0.29) is 0 Å². The highest BCUT2D eigenvalue weighted by Crippen LogP contribution is 2.65. The average molecular weight is 685 g/mol. The molecule has 0 N–H and O–H groups in total. The summed E-state index contributed by atoms with van der Waals surface area (Å²) in [4.78, 5) is 2.84. The Labute approximate surface area is 310 Å². The van der Waals surface area contributed by atoms with Crippen LogP contribution in [0.25, 0.3) is 22.3 Å². The van der Waals surface area contributed by atoms with Crippen LogP contribution in [0.1, 0.15) is 61.3 Å². The van der Waals surface area contributed by atoms with Crippen LogP contribution in [0.15, 0.2) is 168 Å². The number of rotatable bonds is 4. The van der Waals surface area contributed by atoms with Gasteiger partial charge in [-0.15, -0.1) is 0 Å². The Balaban J connectivity index is 1.34. The number of nitrogens with zero attached hydrogens (tertiary/aromatic N) is 4. The lowest BCUT2D eigenvalue weighted by atomic mass is 9.82. The Morgan fingerprint density at radius 3 is 1.49 bits per heavy atom. The van der Waals surface area contributed by atoms with Crippen LogP contribution in [0.5, 0.6) is 0 Å². The molecule has 5 atom stereocenters. The maximum absolute atomic E-state index is 2.84. The molecule has 4 nitrogen and oxygen atoms in total. The topological polar surface area (TPSA) is 14.2 Å². The van der Waals surface area contributed by atoms with Crippen molar-refractivity contribution in [1.82, 2.24) is 9.47 Å². The number of hydrogen-bond acceptors (Lipinski definition) is 1. The minimum atomic E-state index is -0.706. The van der Waals surface area contributed by atoms with Gasteiger partial charge >= 0.3 is 5.91 Å². The first kappa shape index (κ1) is 29.6. The Morgan fingerprint density at radius 1 is 0.453 bits per heavy atom.